The van der Waals surface area contributed by atoms with E-state index in [1.807, 2.05) is 6.92 Å². The van der Waals surface area contributed by atoms with Gasteiger partial charge in [-0.3, -0.25) is 19.1 Å². The molecular weight excluding hydrogens is 601 g/mol. The zero-order valence-corrected chi connectivity index (χ0v) is 24.8. The van der Waals surface area contributed by atoms with E-state index in [1.165, 1.54) is 0 Å². The molecule has 1 unspecified atom stereocenters. The Morgan fingerprint density at radius 3 is 2.17 bits per heavy atom. The number of aliphatic carboxylic acids is 1. The van der Waals surface area contributed by atoms with Crippen molar-refractivity contribution in [3.63, 3.8) is 0 Å². The summed E-state index contributed by atoms with van der Waals surface area (Å²) in [7, 11) is 0. The van der Waals surface area contributed by atoms with Crippen molar-refractivity contribution in [2.75, 3.05) is 0 Å². The van der Waals surface area contributed by atoms with Gasteiger partial charge in [-0.1, -0.05) is 49.4 Å². The number of aromatic nitrogens is 2. The number of nitrogens with one attached hydrogen (secondary N) is 1. The van der Waals surface area contributed by atoms with Crippen molar-refractivity contribution in [1.29, 1.82) is 0 Å². The van der Waals surface area contributed by atoms with Crippen molar-refractivity contribution >= 4 is 40.9 Å². The summed E-state index contributed by atoms with van der Waals surface area (Å²) in [5, 5.41) is 15.7. The predicted octanol–water partition coefficient (Wildman–Crippen LogP) is 7.90. The van der Waals surface area contributed by atoms with E-state index in [9.17, 15) is 37.1 Å². The fourth-order valence-corrected chi connectivity index (χ4v) is 6.97. The third kappa shape index (κ3) is 6.61. The zero-order chi connectivity index (χ0) is 31.0. The molecule has 0 bridgehead atoms. The number of nitrogens with zero attached hydrogens (tertiary/aromatic N) is 2. The number of carbonyl (C=O) groups is 3. The van der Waals surface area contributed by atoms with E-state index in [4.69, 9.17) is 23.2 Å². The summed E-state index contributed by atoms with van der Waals surface area (Å²) in [5.74, 6) is -3.33. The fourth-order valence-electron chi connectivity index (χ4n) is 6.30. The van der Waals surface area contributed by atoms with Gasteiger partial charge in [0.25, 0.3) is 5.91 Å². The molecular formula is C29H33Cl2F4N3O4. The number of hydrogen-bond acceptors (Lipinski definition) is 4. The van der Waals surface area contributed by atoms with Crippen LogP contribution in [0.15, 0.2) is 18.3 Å². The maximum Gasteiger partial charge on any atom is 0.433 e. The van der Waals surface area contributed by atoms with Crippen LogP contribution in [0.4, 0.5) is 17.6 Å². The van der Waals surface area contributed by atoms with Crippen LogP contribution in [0.5, 0.6) is 0 Å². The number of hydrogen-bond donors (Lipinski definition) is 2. The number of Topliss-reactive ketones (excluding diaryl/α,β-unsaturated/α-hetero) is 1. The van der Waals surface area contributed by atoms with Gasteiger partial charge in [0.2, 0.25) is 0 Å². The SMILES string of the molecule is CC1(C(=O)O)CCC(n2ncc(C(=O)NC(CC(=O)c3c(Cl)cc(F)cc3Cl)C3(C)CCCCC3)c2C(F)(F)F)CC1. The molecule has 42 heavy (non-hydrogen) atoms. The minimum Gasteiger partial charge on any atom is -0.481 e. The molecule has 0 spiro atoms. The van der Waals surface area contributed by atoms with Gasteiger partial charge in [0.1, 0.15) is 5.82 Å². The molecule has 2 N–H and O–H groups in total. The number of rotatable bonds is 8. The molecule has 7 nitrogen and oxygen atoms in total. The standard InChI is InChI=1S/C29H33Cl2F4N3O4/c1-27(8-4-3-5-9-27)22(14-21(39)23-19(30)12-16(32)13-20(23)31)37-25(40)18-15-36-38(24(18)29(33,34)35)17-6-10-28(2,11-7-17)26(41)42/h12-13,15,17,22H,3-11,14H2,1-2H3,(H,37,40)(H,41,42). The zero-order valence-electron chi connectivity index (χ0n) is 23.3. The third-order valence-corrected chi connectivity index (χ3v) is 9.64. The molecule has 4 rings (SSSR count). The second kappa shape index (κ2) is 12.1. The van der Waals surface area contributed by atoms with Crippen molar-refractivity contribution in [2.45, 2.75) is 96.3 Å². The molecule has 2 fully saturated rings. The van der Waals surface area contributed by atoms with Crippen LogP contribution < -0.4 is 5.32 Å². The van der Waals surface area contributed by atoms with E-state index < -0.39 is 63.8 Å². The average Bonchev–Trinajstić information content (AvgIpc) is 3.35. The maximum absolute atomic E-state index is 14.4. The molecule has 1 atom stereocenters. The minimum absolute atomic E-state index is 0.118. The number of halogens is 6. The Bertz CT molecular complexity index is 1340. The van der Waals surface area contributed by atoms with Crippen molar-refractivity contribution in [3.8, 4) is 0 Å². The number of carbonyl (C=O) groups excluding carboxylic acids is 2. The normalized spacial score (nSPS) is 23.3. The van der Waals surface area contributed by atoms with Gasteiger partial charge in [0, 0.05) is 12.5 Å². The average molecular weight is 634 g/mol. The molecule has 2 saturated carbocycles. The van der Waals surface area contributed by atoms with Crippen LogP contribution in [0.2, 0.25) is 10.0 Å². The monoisotopic (exact) mass is 633 g/mol. The third-order valence-electron chi connectivity index (χ3n) is 9.05. The molecule has 230 valence electrons. The predicted molar refractivity (Wildman–Crippen MR) is 148 cm³/mol. The Labute approximate surface area is 250 Å². The second-order valence-electron chi connectivity index (χ2n) is 12.1. The maximum atomic E-state index is 14.4. The highest BCUT2D eigenvalue weighted by molar-refractivity contribution is 6.39. The number of alkyl halides is 3. The Kier molecular flexibility index (Phi) is 9.33. The lowest BCUT2D eigenvalue weighted by Crippen LogP contribution is -2.48. The lowest BCUT2D eigenvalue weighted by Gasteiger charge is -2.41. The Morgan fingerprint density at radius 1 is 1.07 bits per heavy atom. The largest absolute Gasteiger partial charge is 0.481 e. The Balaban J connectivity index is 1.64. The summed E-state index contributed by atoms with van der Waals surface area (Å²) in [6, 6.07) is 0.299. The van der Waals surface area contributed by atoms with E-state index >= 15 is 0 Å². The number of benzene rings is 1. The molecule has 1 aromatic carbocycles. The molecule has 1 heterocycles. The molecule has 13 heteroatoms. The Hall–Kier alpha value is -2.66. The number of carboxylic acid groups (broad SMARTS) is 1. The summed E-state index contributed by atoms with van der Waals surface area (Å²) in [6.45, 7) is 3.45. The second-order valence-corrected chi connectivity index (χ2v) is 12.9. The van der Waals surface area contributed by atoms with Gasteiger partial charge >= 0.3 is 12.1 Å². The molecule has 0 aliphatic heterocycles. The number of amides is 1. The lowest BCUT2D eigenvalue weighted by molar-refractivity contribution is -0.152. The van der Waals surface area contributed by atoms with Gasteiger partial charge < -0.3 is 10.4 Å². The molecule has 1 aromatic heterocycles. The molecule has 2 aliphatic carbocycles. The van der Waals surface area contributed by atoms with Crippen LogP contribution in [0, 0.1) is 16.6 Å². The lowest BCUT2D eigenvalue weighted by atomic mass is 9.69. The minimum atomic E-state index is -4.92. The first-order valence-corrected chi connectivity index (χ1v) is 14.7. The fraction of sp³-hybridized carbons (Fsp3) is 0.586. The van der Waals surface area contributed by atoms with E-state index in [0.717, 1.165) is 42.3 Å². The van der Waals surface area contributed by atoms with E-state index in [1.54, 1.807) is 6.92 Å². The number of ketones is 1. The number of carboxylic acids is 1. The highest BCUT2D eigenvalue weighted by Gasteiger charge is 2.45. The molecule has 2 aromatic rings. The summed E-state index contributed by atoms with van der Waals surface area (Å²) in [4.78, 5) is 38.5. The van der Waals surface area contributed by atoms with Crippen LogP contribution in [0.3, 0.4) is 0 Å². The smallest absolute Gasteiger partial charge is 0.433 e. The summed E-state index contributed by atoms with van der Waals surface area (Å²) < 4.78 is 57.7. The molecule has 1 amide bonds. The van der Waals surface area contributed by atoms with Crippen LogP contribution in [0.1, 0.15) is 111 Å². The highest BCUT2D eigenvalue weighted by atomic mass is 35.5. The van der Waals surface area contributed by atoms with Crippen molar-refractivity contribution in [3.05, 3.63) is 51.0 Å². The summed E-state index contributed by atoms with van der Waals surface area (Å²) in [5.41, 5.74) is -3.65. The van der Waals surface area contributed by atoms with Gasteiger partial charge in [0.05, 0.1) is 38.8 Å². The van der Waals surface area contributed by atoms with Gasteiger partial charge in [-0.15, -0.1) is 0 Å². The first kappa shape index (κ1) is 32.3. The summed E-state index contributed by atoms with van der Waals surface area (Å²) in [6.07, 6.45) is 0.141. The van der Waals surface area contributed by atoms with Crippen molar-refractivity contribution in [1.82, 2.24) is 15.1 Å². The van der Waals surface area contributed by atoms with Gasteiger partial charge in [-0.05, 0) is 63.0 Å². The topological polar surface area (TPSA) is 101 Å². The summed E-state index contributed by atoms with van der Waals surface area (Å²) >= 11 is 12.2. The first-order chi connectivity index (χ1) is 19.6. The van der Waals surface area contributed by atoms with Crippen LogP contribution >= 0.6 is 23.2 Å². The van der Waals surface area contributed by atoms with Gasteiger partial charge in [-0.2, -0.15) is 18.3 Å². The van der Waals surface area contributed by atoms with Crippen LogP contribution in [-0.2, 0) is 11.0 Å². The van der Waals surface area contributed by atoms with E-state index in [-0.39, 0.29) is 47.7 Å². The Morgan fingerprint density at radius 2 is 1.64 bits per heavy atom. The first-order valence-electron chi connectivity index (χ1n) is 13.9. The molecule has 0 saturated heterocycles. The molecule has 0 radical (unpaired) electrons. The van der Waals surface area contributed by atoms with Gasteiger partial charge in [-0.25, -0.2) is 4.39 Å². The van der Waals surface area contributed by atoms with Crippen molar-refractivity contribution < 1.29 is 37.1 Å². The van der Waals surface area contributed by atoms with E-state index in [2.05, 4.69) is 10.4 Å². The van der Waals surface area contributed by atoms with Crippen molar-refractivity contribution in [2.24, 2.45) is 10.8 Å². The highest BCUT2D eigenvalue weighted by Crippen LogP contribution is 2.44. The van der Waals surface area contributed by atoms with Crippen LogP contribution in [-0.4, -0.2) is 38.6 Å². The molecule has 2 aliphatic rings. The van der Waals surface area contributed by atoms with Crippen LogP contribution in [0.25, 0.3) is 0 Å². The van der Waals surface area contributed by atoms with Gasteiger partial charge in [0.15, 0.2) is 11.5 Å². The van der Waals surface area contributed by atoms with E-state index in [0.29, 0.717) is 12.8 Å². The quantitative estimate of drug-likeness (QED) is 0.227.